The third kappa shape index (κ3) is 4.96. The van der Waals surface area contributed by atoms with E-state index in [-0.39, 0.29) is 24.5 Å². The Hall–Kier alpha value is -4.86. The highest BCUT2D eigenvalue weighted by molar-refractivity contribution is 7.07. The smallest absolute Gasteiger partial charge is 0.338 e. The molecule has 2 aliphatic heterocycles. The molecule has 2 aliphatic rings. The Morgan fingerprint density at radius 1 is 1.02 bits per heavy atom. The lowest BCUT2D eigenvalue weighted by Crippen LogP contribution is -2.40. The zero-order valence-corrected chi connectivity index (χ0v) is 24.4. The van der Waals surface area contributed by atoms with E-state index in [1.165, 1.54) is 15.9 Å². The lowest BCUT2D eigenvalue weighted by Gasteiger charge is -2.26. The van der Waals surface area contributed by atoms with Gasteiger partial charge in [-0.25, -0.2) is 9.79 Å². The van der Waals surface area contributed by atoms with Crippen LogP contribution in [0.1, 0.15) is 29.9 Å². The summed E-state index contributed by atoms with van der Waals surface area (Å²) in [5.74, 6) is 1.68. The number of carbonyl (C=O) groups excluding carboxylic acids is 1. The fourth-order valence-corrected chi connectivity index (χ4v) is 6.37. The summed E-state index contributed by atoms with van der Waals surface area (Å²) in [6.07, 6.45) is 1.69. The summed E-state index contributed by atoms with van der Waals surface area (Å²) >= 11 is 7.38. The molecule has 8 nitrogen and oxygen atoms in total. The highest BCUT2D eigenvalue weighted by atomic mass is 35.5. The molecular weight excluding hydrogens is 588 g/mol. The summed E-state index contributed by atoms with van der Waals surface area (Å²) in [5.41, 5.74) is 2.59. The van der Waals surface area contributed by atoms with Crippen LogP contribution in [-0.2, 0) is 9.53 Å². The summed E-state index contributed by atoms with van der Waals surface area (Å²) in [5, 5.41) is 0.596. The molecule has 3 aromatic carbocycles. The van der Waals surface area contributed by atoms with Crippen LogP contribution in [0.5, 0.6) is 11.5 Å². The van der Waals surface area contributed by atoms with Crippen molar-refractivity contribution in [2.24, 2.45) is 4.99 Å². The van der Waals surface area contributed by atoms with Gasteiger partial charge < -0.3 is 18.6 Å². The molecule has 43 heavy (non-hydrogen) atoms. The molecule has 1 unspecified atom stereocenters. The van der Waals surface area contributed by atoms with Gasteiger partial charge in [-0.3, -0.25) is 9.36 Å². The van der Waals surface area contributed by atoms with Gasteiger partial charge in [0, 0.05) is 22.2 Å². The van der Waals surface area contributed by atoms with Gasteiger partial charge in [-0.05, 0) is 48.9 Å². The standard InChI is InChI=1S/C33H23ClN2O6S/c1-2-39-32(38)28-29(19-7-4-3-5-8-19)35-33-36(30(28)21-11-13-25-26(16-21)41-18-40-25)31(37)27(43-33)17-23-12-14-24(42-23)20-9-6-10-22(34)15-20/h3-17,30H,2,18H2,1H3/b27-17-. The SMILES string of the molecule is CCOC(=O)C1=C(c2ccccc2)N=c2s/c(=C\c3ccc(-c4cccc(Cl)c4)o3)c(=O)n2C1c1ccc2c(c1)OCO2. The van der Waals surface area contributed by atoms with E-state index in [1.807, 2.05) is 60.7 Å². The highest BCUT2D eigenvalue weighted by Crippen LogP contribution is 2.40. The van der Waals surface area contributed by atoms with Crippen molar-refractivity contribution in [2.45, 2.75) is 13.0 Å². The second-order valence-corrected chi connectivity index (χ2v) is 11.2. The number of esters is 1. The molecule has 10 heteroatoms. The van der Waals surface area contributed by atoms with Gasteiger partial charge in [-0.15, -0.1) is 0 Å². The molecule has 0 saturated heterocycles. The summed E-state index contributed by atoms with van der Waals surface area (Å²) in [6, 6.07) is 24.9. The average molecular weight is 611 g/mol. The van der Waals surface area contributed by atoms with Gasteiger partial charge in [0.2, 0.25) is 6.79 Å². The molecule has 0 radical (unpaired) electrons. The molecule has 7 rings (SSSR count). The largest absolute Gasteiger partial charge is 0.463 e. The van der Waals surface area contributed by atoms with E-state index in [0.29, 0.717) is 48.6 Å². The number of hydrogen-bond acceptors (Lipinski definition) is 8. The summed E-state index contributed by atoms with van der Waals surface area (Å²) < 4.78 is 24.7. The molecule has 5 aromatic rings. The summed E-state index contributed by atoms with van der Waals surface area (Å²) in [7, 11) is 0. The number of benzene rings is 3. The zero-order chi connectivity index (χ0) is 29.5. The molecule has 4 heterocycles. The second kappa shape index (κ2) is 11.1. The van der Waals surface area contributed by atoms with E-state index in [4.69, 9.17) is 35.2 Å². The topological polar surface area (TPSA) is 92.3 Å². The molecule has 0 amide bonds. The first-order valence-electron chi connectivity index (χ1n) is 13.5. The van der Waals surface area contributed by atoms with E-state index in [2.05, 4.69) is 0 Å². The minimum atomic E-state index is -0.833. The third-order valence-corrected chi connectivity index (χ3v) is 8.31. The van der Waals surface area contributed by atoms with Crippen LogP contribution in [0.4, 0.5) is 0 Å². The van der Waals surface area contributed by atoms with Crippen molar-refractivity contribution in [3.05, 3.63) is 132 Å². The Morgan fingerprint density at radius 3 is 2.65 bits per heavy atom. The van der Waals surface area contributed by atoms with Crippen molar-refractivity contribution < 1.29 is 23.4 Å². The molecule has 0 spiro atoms. The fraction of sp³-hybridized carbons (Fsp3) is 0.121. The molecule has 214 valence electrons. The van der Waals surface area contributed by atoms with Crippen molar-refractivity contribution in [3.63, 3.8) is 0 Å². The minimum absolute atomic E-state index is 0.0949. The number of ether oxygens (including phenoxy) is 3. The van der Waals surface area contributed by atoms with Gasteiger partial charge in [0.05, 0.1) is 28.5 Å². The molecule has 0 aliphatic carbocycles. The fourth-order valence-electron chi connectivity index (χ4n) is 5.20. The van der Waals surface area contributed by atoms with Gasteiger partial charge in [0.1, 0.15) is 11.5 Å². The molecule has 0 fully saturated rings. The number of thiazole rings is 1. The Bertz CT molecular complexity index is 2090. The molecular formula is C33H23ClN2O6S. The van der Waals surface area contributed by atoms with Crippen LogP contribution >= 0.6 is 22.9 Å². The highest BCUT2D eigenvalue weighted by Gasteiger charge is 2.36. The van der Waals surface area contributed by atoms with Crippen LogP contribution in [0.3, 0.4) is 0 Å². The van der Waals surface area contributed by atoms with Crippen LogP contribution < -0.4 is 24.4 Å². The Balaban J connectivity index is 1.43. The molecule has 0 saturated carbocycles. The summed E-state index contributed by atoms with van der Waals surface area (Å²) in [4.78, 5) is 33.1. The number of fused-ring (bicyclic) bond motifs is 2. The normalized spacial score (nSPS) is 15.8. The molecule has 1 atom stereocenters. The number of rotatable bonds is 6. The van der Waals surface area contributed by atoms with Crippen LogP contribution in [-0.4, -0.2) is 23.9 Å². The van der Waals surface area contributed by atoms with E-state index in [0.717, 1.165) is 11.1 Å². The first-order valence-corrected chi connectivity index (χ1v) is 14.7. The monoisotopic (exact) mass is 610 g/mol. The number of hydrogen-bond donors (Lipinski definition) is 0. The van der Waals surface area contributed by atoms with Crippen molar-refractivity contribution in [1.82, 2.24) is 4.57 Å². The van der Waals surface area contributed by atoms with E-state index >= 15 is 0 Å². The zero-order valence-electron chi connectivity index (χ0n) is 22.8. The van der Waals surface area contributed by atoms with Crippen molar-refractivity contribution in [2.75, 3.05) is 13.4 Å². The van der Waals surface area contributed by atoms with Crippen molar-refractivity contribution >= 4 is 40.7 Å². The van der Waals surface area contributed by atoms with Crippen molar-refractivity contribution in [3.8, 4) is 22.8 Å². The van der Waals surface area contributed by atoms with Gasteiger partial charge in [0.25, 0.3) is 5.56 Å². The maximum Gasteiger partial charge on any atom is 0.338 e. The number of furan rings is 1. The molecule has 2 aromatic heterocycles. The second-order valence-electron chi connectivity index (χ2n) is 9.76. The van der Waals surface area contributed by atoms with Crippen LogP contribution in [0, 0.1) is 0 Å². The van der Waals surface area contributed by atoms with E-state index in [9.17, 15) is 9.59 Å². The first kappa shape index (κ1) is 27.0. The van der Waals surface area contributed by atoms with Crippen molar-refractivity contribution in [1.29, 1.82) is 0 Å². The number of aromatic nitrogens is 1. The van der Waals surface area contributed by atoms with E-state index in [1.54, 1.807) is 37.3 Å². The molecule has 0 N–H and O–H groups in total. The number of carbonyl (C=O) groups is 1. The quantitative estimate of drug-likeness (QED) is 0.233. The molecule has 0 bridgehead atoms. The summed E-state index contributed by atoms with van der Waals surface area (Å²) in [6.45, 7) is 2.00. The van der Waals surface area contributed by atoms with E-state index < -0.39 is 12.0 Å². The van der Waals surface area contributed by atoms with Gasteiger partial charge in [0.15, 0.2) is 16.3 Å². The van der Waals surface area contributed by atoms with Crippen LogP contribution in [0.15, 0.2) is 105 Å². The van der Waals surface area contributed by atoms with Crippen LogP contribution in [0.25, 0.3) is 23.1 Å². The number of nitrogens with zero attached hydrogens (tertiary/aromatic N) is 2. The predicted octanol–water partition coefficient (Wildman–Crippen LogP) is 5.58. The Labute approximate surface area is 254 Å². The Kier molecular flexibility index (Phi) is 6.96. The number of halogens is 1. The van der Waals surface area contributed by atoms with Gasteiger partial charge >= 0.3 is 5.97 Å². The van der Waals surface area contributed by atoms with Gasteiger partial charge in [-0.1, -0.05) is 71.5 Å². The predicted molar refractivity (Wildman–Crippen MR) is 163 cm³/mol. The minimum Gasteiger partial charge on any atom is -0.463 e. The maximum absolute atomic E-state index is 14.1. The third-order valence-electron chi connectivity index (χ3n) is 7.10. The lowest BCUT2D eigenvalue weighted by atomic mass is 9.93. The maximum atomic E-state index is 14.1. The van der Waals surface area contributed by atoms with Crippen LogP contribution in [0.2, 0.25) is 5.02 Å². The first-order chi connectivity index (χ1) is 21.0. The van der Waals surface area contributed by atoms with Gasteiger partial charge in [-0.2, -0.15) is 0 Å². The lowest BCUT2D eigenvalue weighted by molar-refractivity contribution is -0.138. The Morgan fingerprint density at radius 2 is 1.84 bits per heavy atom. The average Bonchev–Trinajstić information content (AvgIpc) is 3.76.